The molecule has 0 aliphatic carbocycles. The first-order chi connectivity index (χ1) is 7.61. The maximum absolute atomic E-state index is 13.7. The van der Waals surface area contributed by atoms with Crippen molar-refractivity contribution in [3.05, 3.63) is 34.6 Å². The van der Waals surface area contributed by atoms with Gasteiger partial charge >= 0.3 is 0 Å². The first-order valence-electron chi connectivity index (χ1n) is 5.40. The summed E-state index contributed by atoms with van der Waals surface area (Å²) in [5, 5.41) is 0.160. The molecule has 0 saturated carbocycles. The minimum Gasteiger partial charge on any atom is -0.381 e. The van der Waals surface area contributed by atoms with Gasteiger partial charge in [0.15, 0.2) is 0 Å². The van der Waals surface area contributed by atoms with E-state index < -0.39 is 0 Å². The molecule has 0 spiro atoms. The lowest BCUT2D eigenvalue weighted by molar-refractivity contribution is 0.0531. The first-order valence-corrected chi connectivity index (χ1v) is 5.78. The second-order valence-corrected chi connectivity index (χ2v) is 4.77. The van der Waals surface area contributed by atoms with Crippen LogP contribution >= 0.6 is 11.6 Å². The fourth-order valence-corrected chi connectivity index (χ4v) is 2.21. The largest absolute Gasteiger partial charge is 0.381 e. The third-order valence-corrected chi connectivity index (χ3v) is 3.35. The number of halogens is 2. The van der Waals surface area contributed by atoms with Crippen LogP contribution in [-0.4, -0.2) is 18.8 Å². The van der Waals surface area contributed by atoms with Crippen molar-refractivity contribution < 1.29 is 9.13 Å². The van der Waals surface area contributed by atoms with Crippen molar-refractivity contribution in [1.82, 2.24) is 0 Å². The first kappa shape index (κ1) is 11.8. The van der Waals surface area contributed by atoms with E-state index in [0.29, 0.717) is 25.2 Å². The average molecular weight is 244 g/mol. The zero-order valence-electron chi connectivity index (χ0n) is 9.01. The highest BCUT2D eigenvalue weighted by atomic mass is 35.5. The quantitative estimate of drug-likeness (QED) is 0.866. The van der Waals surface area contributed by atoms with Gasteiger partial charge in [0.1, 0.15) is 5.82 Å². The lowest BCUT2D eigenvalue weighted by Crippen LogP contribution is -2.47. The predicted octanol–water partition coefficient (Wildman–Crippen LogP) is 2.53. The van der Waals surface area contributed by atoms with Gasteiger partial charge in [-0.05, 0) is 30.9 Å². The Balaban J connectivity index is 2.16. The second-order valence-electron chi connectivity index (χ2n) is 4.36. The van der Waals surface area contributed by atoms with E-state index in [2.05, 4.69) is 0 Å². The van der Waals surface area contributed by atoms with Crippen LogP contribution in [0.3, 0.4) is 0 Å². The van der Waals surface area contributed by atoms with E-state index >= 15 is 0 Å². The highest BCUT2D eigenvalue weighted by molar-refractivity contribution is 6.30. The third kappa shape index (κ3) is 2.54. The standard InChI is InChI=1S/C12H15ClFNO/c13-10-3-1-2-9(11(10)14)8-12(15)4-6-16-7-5-12/h1-3H,4-8,15H2. The molecule has 16 heavy (non-hydrogen) atoms. The Morgan fingerprint density at radius 2 is 2.06 bits per heavy atom. The highest BCUT2D eigenvalue weighted by Gasteiger charge is 2.29. The Hall–Kier alpha value is -0.640. The van der Waals surface area contributed by atoms with Crippen LogP contribution in [-0.2, 0) is 11.2 Å². The van der Waals surface area contributed by atoms with Crippen molar-refractivity contribution in [2.75, 3.05) is 13.2 Å². The zero-order valence-corrected chi connectivity index (χ0v) is 9.77. The van der Waals surface area contributed by atoms with E-state index in [9.17, 15) is 4.39 Å². The van der Waals surface area contributed by atoms with Gasteiger partial charge in [-0.15, -0.1) is 0 Å². The molecule has 0 bridgehead atoms. The summed E-state index contributed by atoms with van der Waals surface area (Å²) in [6.45, 7) is 1.30. The molecule has 88 valence electrons. The molecule has 0 atom stereocenters. The number of nitrogens with two attached hydrogens (primary N) is 1. The SMILES string of the molecule is NC1(Cc2cccc(Cl)c2F)CCOCC1. The Morgan fingerprint density at radius 1 is 1.38 bits per heavy atom. The molecule has 2 nitrogen and oxygen atoms in total. The zero-order chi connectivity index (χ0) is 11.6. The maximum Gasteiger partial charge on any atom is 0.145 e. The molecule has 1 heterocycles. The number of ether oxygens (including phenoxy) is 1. The Labute approximate surface area is 99.5 Å². The van der Waals surface area contributed by atoms with E-state index in [1.54, 1.807) is 18.2 Å². The molecule has 0 aromatic heterocycles. The molecule has 1 fully saturated rings. The molecule has 0 unspecified atom stereocenters. The fourth-order valence-electron chi connectivity index (χ4n) is 2.02. The monoisotopic (exact) mass is 243 g/mol. The Kier molecular flexibility index (Phi) is 3.47. The molecule has 2 rings (SSSR count). The number of rotatable bonds is 2. The summed E-state index contributed by atoms with van der Waals surface area (Å²) in [7, 11) is 0. The maximum atomic E-state index is 13.7. The van der Waals surface area contributed by atoms with Crippen molar-refractivity contribution in [3.8, 4) is 0 Å². The van der Waals surface area contributed by atoms with Crippen molar-refractivity contribution >= 4 is 11.6 Å². The molecule has 4 heteroatoms. The van der Waals surface area contributed by atoms with Gasteiger partial charge in [-0.25, -0.2) is 4.39 Å². The minimum absolute atomic E-state index is 0.160. The van der Waals surface area contributed by atoms with Crippen LogP contribution in [0.15, 0.2) is 18.2 Å². The van der Waals surface area contributed by atoms with Crippen molar-refractivity contribution in [2.24, 2.45) is 5.73 Å². The van der Waals surface area contributed by atoms with Crippen molar-refractivity contribution in [1.29, 1.82) is 0 Å². The van der Waals surface area contributed by atoms with Crippen LogP contribution in [0.2, 0.25) is 5.02 Å². The summed E-state index contributed by atoms with van der Waals surface area (Å²) in [5.74, 6) is -0.347. The molecule has 1 aliphatic rings. The third-order valence-electron chi connectivity index (χ3n) is 3.06. The van der Waals surface area contributed by atoms with Gasteiger partial charge in [-0.2, -0.15) is 0 Å². The van der Waals surface area contributed by atoms with E-state index in [1.165, 1.54) is 0 Å². The summed E-state index contributed by atoms with van der Waals surface area (Å²) < 4.78 is 19.0. The summed E-state index contributed by atoms with van der Waals surface area (Å²) >= 11 is 5.74. The summed E-state index contributed by atoms with van der Waals surface area (Å²) in [4.78, 5) is 0. The molecule has 0 amide bonds. The lowest BCUT2D eigenvalue weighted by Gasteiger charge is -2.33. The van der Waals surface area contributed by atoms with Crippen LogP contribution in [0.5, 0.6) is 0 Å². The topological polar surface area (TPSA) is 35.2 Å². The van der Waals surface area contributed by atoms with Gasteiger partial charge in [0.05, 0.1) is 5.02 Å². The number of hydrogen-bond donors (Lipinski definition) is 1. The van der Waals surface area contributed by atoms with Gasteiger partial charge in [-0.3, -0.25) is 0 Å². The number of benzene rings is 1. The molecule has 1 saturated heterocycles. The van der Waals surface area contributed by atoms with Crippen LogP contribution in [0.25, 0.3) is 0 Å². The summed E-state index contributed by atoms with van der Waals surface area (Å²) in [5.41, 5.74) is 6.46. The predicted molar refractivity (Wildman–Crippen MR) is 62.1 cm³/mol. The normalized spacial score (nSPS) is 19.7. The molecular formula is C12H15ClFNO. The summed E-state index contributed by atoms with van der Waals surface area (Å²) in [6.07, 6.45) is 2.04. The average Bonchev–Trinajstić information content (AvgIpc) is 2.26. The number of hydrogen-bond acceptors (Lipinski definition) is 2. The lowest BCUT2D eigenvalue weighted by atomic mass is 9.85. The fraction of sp³-hybridized carbons (Fsp3) is 0.500. The second kappa shape index (κ2) is 4.70. The van der Waals surface area contributed by atoms with E-state index in [0.717, 1.165) is 12.8 Å². The van der Waals surface area contributed by atoms with Crippen LogP contribution in [0, 0.1) is 5.82 Å². The molecule has 1 aromatic carbocycles. The smallest absolute Gasteiger partial charge is 0.145 e. The van der Waals surface area contributed by atoms with E-state index in [-0.39, 0.29) is 16.4 Å². The van der Waals surface area contributed by atoms with E-state index in [1.807, 2.05) is 0 Å². The molecular weight excluding hydrogens is 229 g/mol. The van der Waals surface area contributed by atoms with Crippen LogP contribution in [0.1, 0.15) is 18.4 Å². The van der Waals surface area contributed by atoms with Gasteiger partial charge in [0.25, 0.3) is 0 Å². The van der Waals surface area contributed by atoms with E-state index in [4.69, 9.17) is 22.1 Å². The van der Waals surface area contributed by atoms with Crippen molar-refractivity contribution in [2.45, 2.75) is 24.8 Å². The molecule has 0 radical (unpaired) electrons. The summed E-state index contributed by atoms with van der Waals surface area (Å²) in [6, 6.07) is 5.04. The van der Waals surface area contributed by atoms with Crippen molar-refractivity contribution in [3.63, 3.8) is 0 Å². The Morgan fingerprint density at radius 3 is 2.75 bits per heavy atom. The van der Waals surface area contributed by atoms with Crippen LogP contribution < -0.4 is 5.73 Å². The molecule has 1 aromatic rings. The van der Waals surface area contributed by atoms with Gasteiger partial charge in [0.2, 0.25) is 0 Å². The minimum atomic E-state index is -0.357. The highest BCUT2D eigenvalue weighted by Crippen LogP contribution is 2.26. The Bertz CT molecular complexity index is 377. The van der Waals surface area contributed by atoms with Gasteiger partial charge < -0.3 is 10.5 Å². The van der Waals surface area contributed by atoms with Gasteiger partial charge in [-0.1, -0.05) is 23.7 Å². The van der Waals surface area contributed by atoms with Gasteiger partial charge in [0, 0.05) is 18.8 Å². The molecule has 2 N–H and O–H groups in total. The molecule has 1 aliphatic heterocycles. The van der Waals surface area contributed by atoms with Crippen LogP contribution in [0.4, 0.5) is 4.39 Å².